The molecule has 4 nitrogen and oxygen atoms in total. The topological polar surface area (TPSA) is 46.6 Å². The maximum atomic E-state index is 13.4. The van der Waals surface area contributed by atoms with Gasteiger partial charge in [-0.15, -0.1) is 0 Å². The molecular weight excluding hydrogens is 365 g/mol. The number of hydrogen-bond acceptors (Lipinski definition) is 3. The summed E-state index contributed by atoms with van der Waals surface area (Å²) in [5.41, 5.74) is 2.03. The van der Waals surface area contributed by atoms with Gasteiger partial charge in [0.1, 0.15) is 11.6 Å². The Morgan fingerprint density at radius 2 is 1.63 bits per heavy atom. The Hall–Kier alpha value is -2.86. The van der Waals surface area contributed by atoms with Gasteiger partial charge in [-0.2, -0.15) is 0 Å². The third-order valence-electron chi connectivity index (χ3n) is 4.18. The first-order valence-electron chi connectivity index (χ1n) is 8.38. The SMILES string of the molecule is COc1ccc(CN(c2ccc(F)cc2)S(=O)(=O)c2cccc(C)c2)cc1. The number of hydrogen-bond donors (Lipinski definition) is 0. The Labute approximate surface area is 158 Å². The van der Waals surface area contributed by atoms with E-state index in [2.05, 4.69) is 0 Å². The second-order valence-electron chi connectivity index (χ2n) is 6.15. The molecule has 0 aliphatic rings. The summed E-state index contributed by atoms with van der Waals surface area (Å²) in [6.45, 7) is 1.95. The molecule has 0 spiro atoms. The van der Waals surface area contributed by atoms with Crippen LogP contribution >= 0.6 is 0 Å². The van der Waals surface area contributed by atoms with Crippen LogP contribution in [0.4, 0.5) is 10.1 Å². The third kappa shape index (κ3) is 4.28. The molecule has 0 atom stereocenters. The van der Waals surface area contributed by atoms with Gasteiger partial charge in [-0.05, 0) is 66.6 Å². The standard InChI is InChI=1S/C21H20FNO3S/c1-16-4-3-5-21(14-16)27(24,25)23(19-10-8-18(22)9-11-19)15-17-6-12-20(26-2)13-7-17/h3-14H,15H2,1-2H3. The first kappa shape index (κ1) is 18.9. The number of halogens is 1. The first-order chi connectivity index (χ1) is 12.9. The predicted molar refractivity (Wildman–Crippen MR) is 104 cm³/mol. The minimum atomic E-state index is -3.82. The van der Waals surface area contributed by atoms with Crippen molar-refractivity contribution in [2.45, 2.75) is 18.4 Å². The molecule has 6 heteroatoms. The number of ether oxygens (including phenoxy) is 1. The van der Waals surface area contributed by atoms with Crippen molar-refractivity contribution >= 4 is 15.7 Å². The van der Waals surface area contributed by atoms with Gasteiger partial charge in [0.05, 0.1) is 24.2 Å². The Morgan fingerprint density at radius 3 is 2.22 bits per heavy atom. The van der Waals surface area contributed by atoms with E-state index in [4.69, 9.17) is 4.74 Å². The van der Waals surface area contributed by atoms with Crippen LogP contribution in [0.5, 0.6) is 5.75 Å². The highest BCUT2D eigenvalue weighted by Gasteiger charge is 2.25. The average molecular weight is 385 g/mol. The van der Waals surface area contributed by atoms with E-state index in [1.165, 1.54) is 28.6 Å². The van der Waals surface area contributed by atoms with Gasteiger partial charge in [-0.3, -0.25) is 4.31 Å². The minimum absolute atomic E-state index is 0.117. The van der Waals surface area contributed by atoms with Crippen LogP contribution < -0.4 is 9.04 Å². The van der Waals surface area contributed by atoms with Crippen molar-refractivity contribution in [3.63, 3.8) is 0 Å². The van der Waals surface area contributed by atoms with E-state index in [9.17, 15) is 12.8 Å². The van der Waals surface area contributed by atoms with Crippen LogP contribution in [-0.2, 0) is 16.6 Å². The first-order valence-corrected chi connectivity index (χ1v) is 9.82. The smallest absolute Gasteiger partial charge is 0.264 e. The van der Waals surface area contributed by atoms with Gasteiger partial charge in [0.25, 0.3) is 10.0 Å². The summed E-state index contributed by atoms with van der Waals surface area (Å²) in [5.74, 6) is 0.268. The van der Waals surface area contributed by atoms with Crippen LogP contribution in [0.25, 0.3) is 0 Å². The lowest BCUT2D eigenvalue weighted by atomic mass is 10.2. The summed E-state index contributed by atoms with van der Waals surface area (Å²) < 4.78 is 46.4. The van der Waals surface area contributed by atoms with Gasteiger partial charge in [0.2, 0.25) is 0 Å². The van der Waals surface area contributed by atoms with Crippen LogP contribution in [0.2, 0.25) is 0 Å². The number of benzene rings is 3. The van der Waals surface area contributed by atoms with Crippen molar-refractivity contribution < 1.29 is 17.5 Å². The number of rotatable bonds is 6. The summed E-state index contributed by atoms with van der Waals surface area (Å²) in [6.07, 6.45) is 0. The van der Waals surface area contributed by atoms with Gasteiger partial charge >= 0.3 is 0 Å². The van der Waals surface area contributed by atoms with Gasteiger partial charge in [-0.1, -0.05) is 24.3 Å². The largest absolute Gasteiger partial charge is 0.497 e. The predicted octanol–water partition coefficient (Wildman–Crippen LogP) is 4.54. The third-order valence-corrected chi connectivity index (χ3v) is 5.95. The summed E-state index contributed by atoms with van der Waals surface area (Å²) in [5, 5.41) is 0. The summed E-state index contributed by atoms with van der Waals surface area (Å²) >= 11 is 0. The molecule has 140 valence electrons. The molecule has 0 aliphatic heterocycles. The number of anilines is 1. The lowest BCUT2D eigenvalue weighted by Crippen LogP contribution is -2.30. The number of nitrogens with zero attached hydrogens (tertiary/aromatic N) is 1. The molecule has 0 heterocycles. The zero-order chi connectivity index (χ0) is 19.4. The quantitative estimate of drug-likeness (QED) is 0.626. The summed E-state index contributed by atoms with van der Waals surface area (Å²) in [4.78, 5) is 0.195. The van der Waals surface area contributed by atoms with E-state index in [-0.39, 0.29) is 11.4 Å². The van der Waals surface area contributed by atoms with E-state index in [1.807, 2.05) is 13.0 Å². The van der Waals surface area contributed by atoms with Crippen molar-refractivity contribution in [2.75, 3.05) is 11.4 Å². The molecule has 0 bridgehead atoms. The summed E-state index contributed by atoms with van der Waals surface area (Å²) in [7, 11) is -2.25. The summed E-state index contributed by atoms with van der Waals surface area (Å²) in [6, 6.07) is 19.3. The van der Waals surface area contributed by atoms with Crippen LogP contribution in [0.15, 0.2) is 77.7 Å². The van der Waals surface area contributed by atoms with E-state index >= 15 is 0 Å². The number of aryl methyl sites for hydroxylation is 1. The molecule has 0 aromatic heterocycles. The second-order valence-corrected chi connectivity index (χ2v) is 8.01. The molecule has 0 radical (unpaired) electrons. The fourth-order valence-electron chi connectivity index (χ4n) is 2.72. The normalized spacial score (nSPS) is 11.2. The van der Waals surface area contributed by atoms with Crippen molar-refractivity contribution in [3.05, 3.63) is 89.7 Å². The molecule has 0 aliphatic carbocycles. The van der Waals surface area contributed by atoms with E-state index < -0.39 is 15.8 Å². The zero-order valence-corrected chi connectivity index (χ0v) is 15.9. The van der Waals surface area contributed by atoms with Gasteiger partial charge in [0.15, 0.2) is 0 Å². The van der Waals surface area contributed by atoms with Crippen molar-refractivity contribution in [1.82, 2.24) is 0 Å². The number of sulfonamides is 1. The molecule has 0 saturated carbocycles. The molecule has 0 N–H and O–H groups in total. The van der Waals surface area contributed by atoms with E-state index in [0.717, 1.165) is 11.1 Å². The maximum absolute atomic E-state index is 13.4. The van der Waals surface area contributed by atoms with E-state index in [1.54, 1.807) is 49.6 Å². The highest BCUT2D eigenvalue weighted by atomic mass is 32.2. The molecular formula is C21H20FNO3S. The van der Waals surface area contributed by atoms with Gasteiger partial charge in [0, 0.05) is 0 Å². The zero-order valence-electron chi connectivity index (χ0n) is 15.1. The maximum Gasteiger partial charge on any atom is 0.264 e. The highest BCUT2D eigenvalue weighted by Crippen LogP contribution is 2.27. The monoisotopic (exact) mass is 385 g/mol. The molecule has 3 rings (SSSR count). The Balaban J connectivity index is 2.04. The molecule has 27 heavy (non-hydrogen) atoms. The molecule has 3 aromatic rings. The van der Waals surface area contributed by atoms with Crippen LogP contribution in [0.1, 0.15) is 11.1 Å². The van der Waals surface area contributed by atoms with Crippen LogP contribution in [0.3, 0.4) is 0 Å². The van der Waals surface area contributed by atoms with Gasteiger partial charge < -0.3 is 4.74 Å². The van der Waals surface area contributed by atoms with Crippen LogP contribution in [-0.4, -0.2) is 15.5 Å². The van der Waals surface area contributed by atoms with Crippen LogP contribution in [0, 0.1) is 12.7 Å². The average Bonchev–Trinajstić information content (AvgIpc) is 2.67. The van der Waals surface area contributed by atoms with E-state index in [0.29, 0.717) is 11.4 Å². The Bertz CT molecular complexity index is 1020. The molecule has 0 amide bonds. The Kier molecular flexibility index (Phi) is 5.46. The fourth-order valence-corrected chi connectivity index (χ4v) is 4.28. The van der Waals surface area contributed by atoms with Crippen molar-refractivity contribution in [1.29, 1.82) is 0 Å². The highest BCUT2D eigenvalue weighted by molar-refractivity contribution is 7.92. The fraction of sp³-hybridized carbons (Fsp3) is 0.143. The molecule has 3 aromatic carbocycles. The molecule has 0 fully saturated rings. The van der Waals surface area contributed by atoms with Crippen molar-refractivity contribution in [2.24, 2.45) is 0 Å². The molecule has 0 unspecified atom stereocenters. The lowest BCUT2D eigenvalue weighted by molar-refractivity contribution is 0.414. The minimum Gasteiger partial charge on any atom is -0.497 e. The Morgan fingerprint density at radius 1 is 0.963 bits per heavy atom. The molecule has 0 saturated heterocycles. The number of methoxy groups -OCH3 is 1. The van der Waals surface area contributed by atoms with Crippen molar-refractivity contribution in [3.8, 4) is 5.75 Å². The lowest BCUT2D eigenvalue weighted by Gasteiger charge is -2.25. The second kappa shape index (κ2) is 7.80. The van der Waals surface area contributed by atoms with Gasteiger partial charge in [-0.25, -0.2) is 12.8 Å².